The Bertz CT molecular complexity index is 627. The number of hydrogen-bond donors (Lipinski definition) is 1. The van der Waals surface area contributed by atoms with E-state index in [4.69, 9.17) is 5.73 Å². The van der Waals surface area contributed by atoms with Crippen molar-refractivity contribution in [3.63, 3.8) is 0 Å². The lowest BCUT2D eigenvalue weighted by Gasteiger charge is -2.21. The first-order chi connectivity index (χ1) is 9.31. The minimum atomic E-state index is 0.287. The molecule has 4 rings (SSSR count). The van der Waals surface area contributed by atoms with E-state index in [9.17, 15) is 0 Å². The first-order valence-corrected chi connectivity index (χ1v) is 7.23. The van der Waals surface area contributed by atoms with Gasteiger partial charge in [0.2, 0.25) is 0 Å². The van der Waals surface area contributed by atoms with Gasteiger partial charge in [-0.1, -0.05) is 12.1 Å². The molecule has 19 heavy (non-hydrogen) atoms. The lowest BCUT2D eigenvalue weighted by atomic mass is 9.99. The van der Waals surface area contributed by atoms with Crippen LogP contribution in [0.25, 0.3) is 11.3 Å². The third-order valence-electron chi connectivity index (χ3n) is 4.50. The van der Waals surface area contributed by atoms with Crippen molar-refractivity contribution in [3.8, 4) is 11.3 Å². The summed E-state index contributed by atoms with van der Waals surface area (Å²) in [7, 11) is 0. The average Bonchev–Trinajstić information content (AvgIpc) is 3.02. The molecular formula is C16H19N3. The fraction of sp³-hybridized carbons (Fsp3) is 0.438. The van der Waals surface area contributed by atoms with E-state index in [2.05, 4.69) is 27.8 Å². The van der Waals surface area contributed by atoms with Gasteiger partial charge in [0.05, 0.1) is 12.0 Å². The van der Waals surface area contributed by atoms with Gasteiger partial charge in [0.1, 0.15) is 0 Å². The van der Waals surface area contributed by atoms with Crippen LogP contribution < -0.4 is 5.73 Å². The standard InChI is InChI=1S/C16H19N3/c17-14-6-7-15-16(18-10-19(15)9-14)13-5-4-11-2-1-3-12(11)8-13/h4-5,8,10,14H,1-3,6-7,9,17H2. The molecule has 0 saturated heterocycles. The quantitative estimate of drug-likeness (QED) is 0.847. The maximum Gasteiger partial charge on any atom is 0.0956 e. The average molecular weight is 253 g/mol. The third kappa shape index (κ3) is 1.80. The molecule has 0 saturated carbocycles. The van der Waals surface area contributed by atoms with Gasteiger partial charge in [0, 0.05) is 23.8 Å². The van der Waals surface area contributed by atoms with Crippen LogP contribution in [0.2, 0.25) is 0 Å². The highest BCUT2D eigenvalue weighted by molar-refractivity contribution is 5.64. The van der Waals surface area contributed by atoms with Crippen molar-refractivity contribution in [3.05, 3.63) is 41.3 Å². The van der Waals surface area contributed by atoms with Crippen LogP contribution in [0.15, 0.2) is 24.5 Å². The van der Waals surface area contributed by atoms with E-state index >= 15 is 0 Å². The fourth-order valence-corrected chi connectivity index (χ4v) is 3.45. The van der Waals surface area contributed by atoms with Gasteiger partial charge in [-0.2, -0.15) is 0 Å². The molecule has 1 aromatic carbocycles. The summed E-state index contributed by atoms with van der Waals surface area (Å²) < 4.78 is 2.23. The van der Waals surface area contributed by atoms with Crippen LogP contribution in [0.1, 0.15) is 29.7 Å². The molecule has 2 aliphatic rings. The van der Waals surface area contributed by atoms with Gasteiger partial charge in [0.15, 0.2) is 0 Å². The Kier molecular flexibility index (Phi) is 2.49. The van der Waals surface area contributed by atoms with Crippen LogP contribution >= 0.6 is 0 Å². The second-order valence-corrected chi connectivity index (χ2v) is 5.83. The molecule has 2 N–H and O–H groups in total. The SMILES string of the molecule is NC1CCc2c(-c3ccc4c(c3)CCC4)ncn2C1. The van der Waals surface area contributed by atoms with Gasteiger partial charge in [-0.25, -0.2) is 4.98 Å². The van der Waals surface area contributed by atoms with Crippen molar-refractivity contribution in [1.82, 2.24) is 9.55 Å². The van der Waals surface area contributed by atoms with E-state index in [0.29, 0.717) is 0 Å². The van der Waals surface area contributed by atoms with Crippen molar-refractivity contribution >= 4 is 0 Å². The van der Waals surface area contributed by atoms with Crippen molar-refractivity contribution in [2.75, 3.05) is 0 Å². The highest BCUT2D eigenvalue weighted by Crippen LogP contribution is 2.30. The minimum absolute atomic E-state index is 0.287. The summed E-state index contributed by atoms with van der Waals surface area (Å²) in [5, 5.41) is 0. The number of aryl methyl sites for hydroxylation is 2. The molecular weight excluding hydrogens is 234 g/mol. The lowest BCUT2D eigenvalue weighted by Crippen LogP contribution is -2.31. The Hall–Kier alpha value is -1.61. The van der Waals surface area contributed by atoms with Gasteiger partial charge >= 0.3 is 0 Å². The molecule has 98 valence electrons. The summed E-state index contributed by atoms with van der Waals surface area (Å²) in [6, 6.07) is 7.16. The second kappa shape index (κ2) is 4.20. The first-order valence-electron chi connectivity index (χ1n) is 7.23. The first kappa shape index (κ1) is 11.2. The summed E-state index contributed by atoms with van der Waals surface area (Å²) in [5.74, 6) is 0. The van der Waals surface area contributed by atoms with Gasteiger partial charge < -0.3 is 10.3 Å². The minimum Gasteiger partial charge on any atom is -0.332 e. The number of benzene rings is 1. The molecule has 0 spiro atoms. The molecule has 0 radical (unpaired) electrons. The van der Waals surface area contributed by atoms with E-state index in [-0.39, 0.29) is 6.04 Å². The number of nitrogens with two attached hydrogens (primary N) is 1. The van der Waals surface area contributed by atoms with Crippen LogP contribution in [0.4, 0.5) is 0 Å². The molecule has 0 fully saturated rings. The number of rotatable bonds is 1. The molecule has 1 aliphatic carbocycles. The number of nitrogens with zero attached hydrogens (tertiary/aromatic N) is 2. The summed E-state index contributed by atoms with van der Waals surface area (Å²) in [6.07, 6.45) is 7.85. The van der Waals surface area contributed by atoms with Gasteiger partial charge in [-0.3, -0.25) is 0 Å². The highest BCUT2D eigenvalue weighted by atomic mass is 15.1. The molecule has 2 heterocycles. The molecule has 3 nitrogen and oxygen atoms in total. The van der Waals surface area contributed by atoms with E-state index in [1.165, 1.54) is 47.3 Å². The Balaban J connectivity index is 1.77. The van der Waals surface area contributed by atoms with E-state index in [0.717, 1.165) is 19.4 Å². The number of aromatic nitrogens is 2. The zero-order valence-corrected chi connectivity index (χ0v) is 11.1. The Morgan fingerprint density at radius 2 is 2.05 bits per heavy atom. The highest BCUT2D eigenvalue weighted by Gasteiger charge is 2.21. The Morgan fingerprint density at radius 1 is 1.16 bits per heavy atom. The third-order valence-corrected chi connectivity index (χ3v) is 4.50. The zero-order valence-electron chi connectivity index (χ0n) is 11.1. The van der Waals surface area contributed by atoms with Gasteiger partial charge in [-0.15, -0.1) is 0 Å². The fourth-order valence-electron chi connectivity index (χ4n) is 3.45. The van der Waals surface area contributed by atoms with Crippen LogP contribution in [-0.2, 0) is 25.8 Å². The largest absolute Gasteiger partial charge is 0.332 e. The molecule has 3 heteroatoms. The zero-order chi connectivity index (χ0) is 12.8. The summed E-state index contributed by atoms with van der Waals surface area (Å²) in [6.45, 7) is 0.910. The number of imidazole rings is 1. The predicted molar refractivity (Wildman–Crippen MR) is 76.0 cm³/mol. The van der Waals surface area contributed by atoms with Crippen LogP contribution in [0.5, 0.6) is 0 Å². The maximum atomic E-state index is 6.02. The topological polar surface area (TPSA) is 43.8 Å². The van der Waals surface area contributed by atoms with Crippen molar-refractivity contribution in [2.24, 2.45) is 5.73 Å². The van der Waals surface area contributed by atoms with E-state index < -0.39 is 0 Å². The number of hydrogen-bond acceptors (Lipinski definition) is 2. The molecule has 1 unspecified atom stereocenters. The normalized spacial score (nSPS) is 21.2. The van der Waals surface area contributed by atoms with Crippen molar-refractivity contribution in [1.29, 1.82) is 0 Å². The van der Waals surface area contributed by atoms with E-state index in [1.807, 2.05) is 6.33 Å². The summed E-state index contributed by atoms with van der Waals surface area (Å²) >= 11 is 0. The second-order valence-electron chi connectivity index (χ2n) is 5.83. The predicted octanol–water partition coefficient (Wildman–Crippen LogP) is 2.31. The van der Waals surface area contributed by atoms with Crippen LogP contribution in [0.3, 0.4) is 0 Å². The summed E-state index contributed by atoms with van der Waals surface area (Å²) in [4.78, 5) is 4.64. The number of fused-ring (bicyclic) bond motifs is 2. The molecule has 0 bridgehead atoms. The molecule has 2 aromatic rings. The van der Waals surface area contributed by atoms with Crippen LogP contribution in [-0.4, -0.2) is 15.6 Å². The Morgan fingerprint density at radius 3 is 3.00 bits per heavy atom. The van der Waals surface area contributed by atoms with Crippen molar-refractivity contribution < 1.29 is 0 Å². The maximum absolute atomic E-state index is 6.02. The molecule has 0 amide bonds. The molecule has 1 atom stereocenters. The Labute approximate surface area is 113 Å². The van der Waals surface area contributed by atoms with E-state index in [1.54, 1.807) is 0 Å². The molecule has 1 aliphatic heterocycles. The lowest BCUT2D eigenvalue weighted by molar-refractivity contribution is 0.461. The monoisotopic (exact) mass is 253 g/mol. The van der Waals surface area contributed by atoms with Gasteiger partial charge in [-0.05, 0) is 49.3 Å². The van der Waals surface area contributed by atoms with Crippen LogP contribution in [0, 0.1) is 0 Å². The van der Waals surface area contributed by atoms with Gasteiger partial charge in [0.25, 0.3) is 0 Å². The smallest absolute Gasteiger partial charge is 0.0956 e. The van der Waals surface area contributed by atoms with Crippen molar-refractivity contribution in [2.45, 2.75) is 44.7 Å². The summed E-state index contributed by atoms with van der Waals surface area (Å²) in [5.41, 5.74) is 12.9. The molecule has 1 aromatic heterocycles.